The summed E-state index contributed by atoms with van der Waals surface area (Å²) < 4.78 is 0. The summed E-state index contributed by atoms with van der Waals surface area (Å²) in [6, 6.07) is 18.1. The van der Waals surface area contributed by atoms with Crippen LogP contribution >= 0.6 is 11.8 Å². The lowest BCUT2D eigenvalue weighted by Crippen LogP contribution is -2.13. The van der Waals surface area contributed by atoms with Crippen LogP contribution in [0.5, 0.6) is 0 Å². The second kappa shape index (κ2) is 6.85. The number of nitrogens with two attached hydrogens (primary N) is 1. The maximum atomic E-state index is 8.66. The zero-order valence-electron chi connectivity index (χ0n) is 10.5. The van der Waals surface area contributed by atoms with Crippen LogP contribution in [0.15, 0.2) is 59.8 Å². The van der Waals surface area contributed by atoms with Gasteiger partial charge in [0, 0.05) is 17.1 Å². The molecule has 0 atom stereocenters. The molecule has 0 saturated heterocycles. The first-order chi connectivity index (χ1) is 9.29. The Balaban J connectivity index is 1.93. The van der Waals surface area contributed by atoms with Crippen molar-refractivity contribution in [2.45, 2.75) is 11.5 Å². The van der Waals surface area contributed by atoms with Crippen molar-refractivity contribution in [1.29, 1.82) is 0 Å². The minimum absolute atomic E-state index is 0.148. The minimum atomic E-state index is 0.148. The van der Waals surface area contributed by atoms with Gasteiger partial charge in [-0.15, -0.1) is 0 Å². The monoisotopic (exact) mass is 272 g/mol. The molecule has 0 spiro atoms. The molecular formula is C15H16N2OS. The fourth-order valence-corrected chi connectivity index (χ4v) is 2.68. The molecule has 0 amide bonds. The van der Waals surface area contributed by atoms with Gasteiger partial charge in [-0.1, -0.05) is 53.7 Å². The smallest absolute Gasteiger partial charge is 0.170 e. The maximum Gasteiger partial charge on any atom is 0.170 e. The topological polar surface area (TPSA) is 58.6 Å². The van der Waals surface area contributed by atoms with E-state index in [1.165, 1.54) is 11.1 Å². The highest BCUT2D eigenvalue weighted by Gasteiger charge is 2.01. The number of benzene rings is 2. The lowest BCUT2D eigenvalue weighted by atomic mass is 10.1. The fraction of sp³-hybridized carbons (Fsp3) is 0.133. The summed E-state index contributed by atoms with van der Waals surface area (Å²) in [7, 11) is 0. The zero-order chi connectivity index (χ0) is 13.5. The van der Waals surface area contributed by atoms with Crippen LogP contribution < -0.4 is 5.73 Å². The van der Waals surface area contributed by atoms with Crippen molar-refractivity contribution >= 4 is 17.6 Å². The molecule has 4 heteroatoms. The maximum absolute atomic E-state index is 8.66. The second-order valence-electron chi connectivity index (χ2n) is 4.16. The molecule has 0 radical (unpaired) electrons. The number of rotatable bonds is 5. The van der Waals surface area contributed by atoms with E-state index in [0.29, 0.717) is 0 Å². The molecule has 0 aliphatic heterocycles. The number of amidine groups is 1. The van der Waals surface area contributed by atoms with E-state index < -0.39 is 0 Å². The van der Waals surface area contributed by atoms with E-state index in [1.54, 1.807) is 0 Å². The van der Waals surface area contributed by atoms with Crippen LogP contribution in [0.1, 0.15) is 16.7 Å². The molecule has 0 heterocycles. The molecule has 3 nitrogen and oxygen atoms in total. The first kappa shape index (κ1) is 13.5. The van der Waals surface area contributed by atoms with Gasteiger partial charge in [0.15, 0.2) is 5.84 Å². The zero-order valence-corrected chi connectivity index (χ0v) is 11.3. The summed E-state index contributed by atoms with van der Waals surface area (Å²) in [5.74, 6) is 2.03. The van der Waals surface area contributed by atoms with E-state index in [4.69, 9.17) is 10.9 Å². The number of hydrogen-bond donors (Lipinski definition) is 2. The third-order valence-corrected chi connectivity index (χ3v) is 3.79. The highest BCUT2D eigenvalue weighted by atomic mass is 32.2. The summed E-state index contributed by atoms with van der Waals surface area (Å²) in [4.78, 5) is 0. The molecule has 3 N–H and O–H groups in total. The SMILES string of the molecule is N/C(=N\O)c1cccc(CSCc2ccccc2)c1. The Labute approximate surface area is 117 Å². The summed E-state index contributed by atoms with van der Waals surface area (Å²) in [6.07, 6.45) is 0. The molecule has 0 saturated carbocycles. The molecule has 19 heavy (non-hydrogen) atoms. The molecule has 0 aromatic heterocycles. The van der Waals surface area contributed by atoms with E-state index in [0.717, 1.165) is 17.1 Å². The van der Waals surface area contributed by atoms with Crippen molar-refractivity contribution in [1.82, 2.24) is 0 Å². The van der Waals surface area contributed by atoms with Gasteiger partial charge in [0.1, 0.15) is 0 Å². The molecule has 0 fully saturated rings. The van der Waals surface area contributed by atoms with Crippen molar-refractivity contribution in [3.8, 4) is 0 Å². The van der Waals surface area contributed by atoms with Crippen LogP contribution in [0.2, 0.25) is 0 Å². The fourth-order valence-electron chi connectivity index (χ4n) is 1.74. The Morgan fingerprint density at radius 1 is 1.00 bits per heavy atom. The van der Waals surface area contributed by atoms with E-state index in [1.807, 2.05) is 42.1 Å². The van der Waals surface area contributed by atoms with E-state index in [9.17, 15) is 0 Å². The molecule has 0 bridgehead atoms. The van der Waals surface area contributed by atoms with Crippen molar-refractivity contribution < 1.29 is 5.21 Å². The molecule has 2 rings (SSSR count). The van der Waals surface area contributed by atoms with Gasteiger partial charge in [0.2, 0.25) is 0 Å². The van der Waals surface area contributed by atoms with Gasteiger partial charge in [-0.2, -0.15) is 11.8 Å². The molecular weight excluding hydrogens is 256 g/mol. The van der Waals surface area contributed by atoms with Gasteiger partial charge in [0.05, 0.1) is 0 Å². The standard InChI is InChI=1S/C15H16N2OS/c16-15(17-18)14-8-4-7-13(9-14)11-19-10-12-5-2-1-3-6-12/h1-9,18H,10-11H2,(H2,16,17). The third-order valence-electron chi connectivity index (χ3n) is 2.71. The van der Waals surface area contributed by atoms with E-state index in [2.05, 4.69) is 29.4 Å². The molecule has 98 valence electrons. The van der Waals surface area contributed by atoms with Crippen LogP contribution in [0, 0.1) is 0 Å². The quantitative estimate of drug-likeness (QED) is 0.380. The van der Waals surface area contributed by atoms with Gasteiger partial charge in [-0.3, -0.25) is 0 Å². The number of hydrogen-bond acceptors (Lipinski definition) is 3. The number of nitrogens with zero attached hydrogens (tertiary/aromatic N) is 1. The first-order valence-corrected chi connectivity index (χ1v) is 7.13. The molecule has 0 unspecified atom stereocenters. The normalized spacial score (nSPS) is 11.5. The number of oxime groups is 1. The van der Waals surface area contributed by atoms with Crippen LogP contribution in [0.3, 0.4) is 0 Å². The third kappa shape index (κ3) is 4.03. The van der Waals surface area contributed by atoms with Gasteiger partial charge < -0.3 is 10.9 Å². The van der Waals surface area contributed by atoms with Gasteiger partial charge in [-0.25, -0.2) is 0 Å². The van der Waals surface area contributed by atoms with Crippen LogP contribution in [0.25, 0.3) is 0 Å². The minimum Gasteiger partial charge on any atom is -0.409 e. The summed E-state index contributed by atoms with van der Waals surface area (Å²) >= 11 is 1.84. The largest absolute Gasteiger partial charge is 0.409 e. The van der Waals surface area contributed by atoms with Crippen LogP contribution in [-0.4, -0.2) is 11.0 Å². The van der Waals surface area contributed by atoms with Gasteiger partial charge in [0.25, 0.3) is 0 Å². The van der Waals surface area contributed by atoms with Gasteiger partial charge in [-0.05, 0) is 17.2 Å². The summed E-state index contributed by atoms with van der Waals surface area (Å²) in [6.45, 7) is 0. The average Bonchev–Trinajstić information content (AvgIpc) is 2.48. The lowest BCUT2D eigenvalue weighted by molar-refractivity contribution is 0.318. The lowest BCUT2D eigenvalue weighted by Gasteiger charge is -2.04. The van der Waals surface area contributed by atoms with Crippen molar-refractivity contribution in [3.63, 3.8) is 0 Å². The Bertz CT molecular complexity index is 555. The van der Waals surface area contributed by atoms with Gasteiger partial charge >= 0.3 is 0 Å². The second-order valence-corrected chi connectivity index (χ2v) is 5.15. The Morgan fingerprint density at radius 3 is 2.42 bits per heavy atom. The highest BCUT2D eigenvalue weighted by molar-refractivity contribution is 7.97. The van der Waals surface area contributed by atoms with E-state index >= 15 is 0 Å². The Hall–Kier alpha value is -1.94. The van der Waals surface area contributed by atoms with Crippen molar-refractivity contribution in [2.24, 2.45) is 10.9 Å². The Kier molecular flexibility index (Phi) is 4.86. The predicted molar refractivity (Wildman–Crippen MR) is 80.4 cm³/mol. The van der Waals surface area contributed by atoms with E-state index in [-0.39, 0.29) is 5.84 Å². The average molecular weight is 272 g/mol. The highest BCUT2D eigenvalue weighted by Crippen LogP contribution is 2.18. The molecule has 0 aliphatic rings. The summed E-state index contributed by atoms with van der Waals surface area (Å²) in [5, 5.41) is 11.7. The predicted octanol–water partition coefficient (Wildman–Crippen LogP) is 3.21. The molecule has 2 aromatic rings. The first-order valence-electron chi connectivity index (χ1n) is 5.98. The van der Waals surface area contributed by atoms with Crippen molar-refractivity contribution in [3.05, 3.63) is 71.3 Å². The number of thioether (sulfide) groups is 1. The van der Waals surface area contributed by atoms with Crippen LogP contribution in [-0.2, 0) is 11.5 Å². The van der Waals surface area contributed by atoms with Crippen molar-refractivity contribution in [2.75, 3.05) is 0 Å². The molecule has 2 aromatic carbocycles. The molecule has 0 aliphatic carbocycles. The van der Waals surface area contributed by atoms with Crippen LogP contribution in [0.4, 0.5) is 0 Å². The summed E-state index contributed by atoms with van der Waals surface area (Å²) in [5.41, 5.74) is 8.82. The Morgan fingerprint density at radius 2 is 1.68 bits per heavy atom.